The number of aliphatic carboxylic acids is 1. The van der Waals surface area contributed by atoms with Crippen LogP contribution in [-0.4, -0.2) is 53.1 Å². The van der Waals surface area contributed by atoms with Crippen molar-refractivity contribution in [3.05, 3.63) is 12.2 Å². The molecule has 0 rings (SSSR count). The monoisotopic (exact) mass is 363 g/mol. The molecule has 1 amide bonds. The quantitative estimate of drug-likeness (QED) is 0.226. The molecular formula is C20H38NNaO3. The van der Waals surface area contributed by atoms with Crippen molar-refractivity contribution in [3.8, 4) is 0 Å². The van der Waals surface area contributed by atoms with Gasteiger partial charge in [0.1, 0.15) is 0 Å². The molecule has 0 unspecified atom stereocenters. The molecule has 0 aromatic rings. The van der Waals surface area contributed by atoms with Crippen LogP contribution in [0.4, 0.5) is 0 Å². The SMILES string of the molecule is CCCCCCCCCCCCCCCCNC(=O)/C=C\C(=O)O.[NaH]. The molecule has 0 saturated heterocycles. The minimum absolute atomic E-state index is 0. The van der Waals surface area contributed by atoms with Crippen molar-refractivity contribution in [2.24, 2.45) is 0 Å². The predicted molar refractivity (Wildman–Crippen MR) is 107 cm³/mol. The van der Waals surface area contributed by atoms with E-state index in [4.69, 9.17) is 5.11 Å². The number of rotatable bonds is 17. The summed E-state index contributed by atoms with van der Waals surface area (Å²) < 4.78 is 0. The van der Waals surface area contributed by atoms with Crippen LogP contribution in [-0.2, 0) is 9.59 Å². The van der Waals surface area contributed by atoms with Crippen molar-refractivity contribution < 1.29 is 14.7 Å². The Morgan fingerprint density at radius 2 is 1.12 bits per heavy atom. The maximum absolute atomic E-state index is 11.2. The number of nitrogens with one attached hydrogen (secondary N) is 1. The van der Waals surface area contributed by atoms with Crippen LogP contribution in [0.2, 0.25) is 0 Å². The number of hydrogen-bond acceptors (Lipinski definition) is 2. The van der Waals surface area contributed by atoms with Gasteiger partial charge < -0.3 is 10.4 Å². The van der Waals surface area contributed by atoms with Crippen LogP contribution in [0.1, 0.15) is 96.8 Å². The van der Waals surface area contributed by atoms with Crippen molar-refractivity contribution in [1.29, 1.82) is 0 Å². The third-order valence-corrected chi connectivity index (χ3v) is 4.21. The first kappa shape index (κ1) is 26.9. The number of carboxylic acid groups (broad SMARTS) is 1. The molecule has 0 aliphatic carbocycles. The Bertz CT molecular complexity index is 346. The fraction of sp³-hybridized carbons (Fsp3) is 0.800. The van der Waals surface area contributed by atoms with Gasteiger partial charge in [0.25, 0.3) is 0 Å². The van der Waals surface area contributed by atoms with Crippen LogP contribution >= 0.6 is 0 Å². The van der Waals surface area contributed by atoms with Crippen LogP contribution < -0.4 is 5.32 Å². The van der Waals surface area contributed by atoms with E-state index in [1.807, 2.05) is 0 Å². The Morgan fingerprint density at radius 1 is 0.720 bits per heavy atom. The van der Waals surface area contributed by atoms with Gasteiger partial charge in [0.2, 0.25) is 5.91 Å². The minimum atomic E-state index is -1.10. The first-order valence-corrected chi connectivity index (χ1v) is 9.85. The molecule has 5 heteroatoms. The molecule has 0 aromatic heterocycles. The van der Waals surface area contributed by atoms with Crippen LogP contribution in [0.5, 0.6) is 0 Å². The molecule has 4 nitrogen and oxygen atoms in total. The molecule has 0 atom stereocenters. The number of amides is 1. The summed E-state index contributed by atoms with van der Waals surface area (Å²) >= 11 is 0. The van der Waals surface area contributed by atoms with Gasteiger partial charge in [0.15, 0.2) is 0 Å². The number of carbonyl (C=O) groups excluding carboxylic acids is 1. The van der Waals surface area contributed by atoms with Crippen molar-refractivity contribution in [2.75, 3.05) is 6.54 Å². The summed E-state index contributed by atoms with van der Waals surface area (Å²) in [5.41, 5.74) is 0. The van der Waals surface area contributed by atoms with E-state index in [0.29, 0.717) is 6.54 Å². The molecule has 25 heavy (non-hydrogen) atoms. The van der Waals surface area contributed by atoms with Gasteiger partial charge in [-0.3, -0.25) is 4.79 Å². The zero-order valence-corrected chi connectivity index (χ0v) is 15.5. The standard InChI is InChI=1S/C20H37NO3.Na.H/c1-2-3-4-5-6-7-8-9-10-11-12-13-14-15-18-21-19(22)16-17-20(23)24;;/h16-17H,2-15,18H2,1H3,(H,21,22)(H,23,24);;/b17-16-;;. The summed E-state index contributed by atoms with van der Waals surface area (Å²) in [4.78, 5) is 21.5. The van der Waals surface area contributed by atoms with Crippen molar-refractivity contribution in [1.82, 2.24) is 5.32 Å². The van der Waals surface area contributed by atoms with E-state index >= 15 is 0 Å². The van der Waals surface area contributed by atoms with Gasteiger partial charge in [-0.05, 0) is 6.42 Å². The summed E-state index contributed by atoms with van der Waals surface area (Å²) in [6, 6.07) is 0. The molecule has 0 fully saturated rings. The van der Waals surface area contributed by atoms with Gasteiger partial charge >= 0.3 is 35.5 Å². The Labute approximate surface area is 176 Å². The summed E-state index contributed by atoms with van der Waals surface area (Å²) in [5, 5.41) is 11.1. The molecule has 2 N–H and O–H groups in total. The van der Waals surface area contributed by atoms with Gasteiger partial charge in [-0.15, -0.1) is 0 Å². The number of carbonyl (C=O) groups is 2. The fourth-order valence-corrected chi connectivity index (χ4v) is 2.74. The third kappa shape index (κ3) is 23.7. The Balaban J connectivity index is 0. The average Bonchev–Trinajstić information content (AvgIpc) is 2.56. The summed E-state index contributed by atoms with van der Waals surface area (Å²) in [6.07, 6.45) is 20.3. The molecule has 0 heterocycles. The summed E-state index contributed by atoms with van der Waals surface area (Å²) in [7, 11) is 0. The van der Waals surface area contributed by atoms with Gasteiger partial charge in [0.05, 0.1) is 0 Å². The predicted octanol–water partition coefficient (Wildman–Crippen LogP) is 4.58. The van der Waals surface area contributed by atoms with E-state index in [-0.39, 0.29) is 35.5 Å². The molecule has 0 aliphatic heterocycles. The average molecular weight is 364 g/mol. The zero-order chi connectivity index (χ0) is 17.9. The first-order chi connectivity index (χ1) is 11.7. The molecule has 0 spiro atoms. The van der Waals surface area contributed by atoms with Crippen LogP contribution in [0, 0.1) is 0 Å². The van der Waals surface area contributed by atoms with Crippen molar-refractivity contribution >= 4 is 41.4 Å². The van der Waals surface area contributed by atoms with E-state index < -0.39 is 5.97 Å². The van der Waals surface area contributed by atoms with Crippen LogP contribution in [0.3, 0.4) is 0 Å². The number of carboxylic acids is 1. The van der Waals surface area contributed by atoms with E-state index in [1.54, 1.807) is 0 Å². The van der Waals surface area contributed by atoms with Gasteiger partial charge in [-0.2, -0.15) is 0 Å². The molecule has 0 aliphatic rings. The number of hydrogen-bond donors (Lipinski definition) is 2. The molecule has 142 valence electrons. The normalized spacial score (nSPS) is 10.6. The van der Waals surface area contributed by atoms with Gasteiger partial charge in [0, 0.05) is 18.7 Å². The molecule has 0 aromatic carbocycles. The van der Waals surface area contributed by atoms with Gasteiger partial charge in [-0.1, -0.05) is 90.4 Å². The van der Waals surface area contributed by atoms with Crippen molar-refractivity contribution in [2.45, 2.75) is 96.8 Å². The first-order valence-electron chi connectivity index (χ1n) is 9.85. The fourth-order valence-electron chi connectivity index (χ4n) is 2.74. The molecule has 0 saturated carbocycles. The third-order valence-electron chi connectivity index (χ3n) is 4.21. The summed E-state index contributed by atoms with van der Waals surface area (Å²) in [5.74, 6) is -1.42. The van der Waals surface area contributed by atoms with Crippen LogP contribution in [0.15, 0.2) is 12.2 Å². The van der Waals surface area contributed by atoms with Gasteiger partial charge in [-0.25, -0.2) is 4.79 Å². The maximum atomic E-state index is 11.2. The Morgan fingerprint density at radius 3 is 1.52 bits per heavy atom. The molecule has 0 bridgehead atoms. The Hall–Kier alpha value is -0.320. The van der Waals surface area contributed by atoms with Crippen LogP contribution in [0.25, 0.3) is 0 Å². The second-order valence-electron chi connectivity index (χ2n) is 6.56. The van der Waals surface area contributed by atoms with Crippen molar-refractivity contribution in [3.63, 3.8) is 0 Å². The van der Waals surface area contributed by atoms with E-state index in [9.17, 15) is 9.59 Å². The topological polar surface area (TPSA) is 66.4 Å². The second-order valence-corrected chi connectivity index (χ2v) is 6.56. The molecule has 0 radical (unpaired) electrons. The second kappa shape index (κ2) is 21.7. The number of unbranched alkanes of at least 4 members (excludes halogenated alkanes) is 13. The Kier molecular flexibility index (Phi) is 23.4. The van der Waals surface area contributed by atoms with E-state index in [1.165, 1.54) is 77.0 Å². The van der Waals surface area contributed by atoms with E-state index in [0.717, 1.165) is 25.0 Å². The van der Waals surface area contributed by atoms with E-state index in [2.05, 4.69) is 12.2 Å². The molecular weight excluding hydrogens is 325 g/mol. The summed E-state index contributed by atoms with van der Waals surface area (Å²) in [6.45, 7) is 2.89. The zero-order valence-electron chi connectivity index (χ0n) is 15.5.